The Balaban J connectivity index is 1.86. The van der Waals surface area contributed by atoms with E-state index in [0.29, 0.717) is 22.3 Å². The van der Waals surface area contributed by atoms with Crippen LogP contribution in [0.3, 0.4) is 0 Å². The summed E-state index contributed by atoms with van der Waals surface area (Å²) in [4.78, 5) is 43.3. The first-order valence-corrected chi connectivity index (χ1v) is 14.2. The van der Waals surface area contributed by atoms with Gasteiger partial charge in [0, 0.05) is 31.4 Å². The number of pyridine rings is 2. The van der Waals surface area contributed by atoms with E-state index in [9.17, 15) is 14.0 Å². The molecule has 1 aliphatic rings. The monoisotopic (exact) mass is 604 g/mol. The van der Waals surface area contributed by atoms with E-state index in [2.05, 4.69) is 23.1 Å². The Morgan fingerprint density at radius 1 is 1.21 bits per heavy atom. The van der Waals surface area contributed by atoms with Crippen molar-refractivity contribution in [2.24, 2.45) is 0 Å². The van der Waals surface area contributed by atoms with E-state index in [1.807, 2.05) is 20.8 Å². The normalized spacial score (nSPS) is 15.3. The average molecular weight is 605 g/mol. The minimum atomic E-state index is -0.802. The van der Waals surface area contributed by atoms with Crippen LogP contribution in [0.5, 0.6) is 0 Å². The number of nitrogens with zero attached hydrogens (tertiary/aromatic N) is 6. The van der Waals surface area contributed by atoms with Gasteiger partial charge in [0.15, 0.2) is 5.65 Å². The lowest BCUT2D eigenvalue weighted by molar-refractivity contribution is -0.126. The predicted molar refractivity (Wildman–Crippen MR) is 166 cm³/mol. The van der Waals surface area contributed by atoms with Gasteiger partial charge in [0.05, 0.1) is 33.5 Å². The number of anilines is 1. The molecule has 0 bridgehead atoms. The van der Waals surface area contributed by atoms with Gasteiger partial charge < -0.3 is 9.80 Å². The number of halogens is 3. The molecule has 0 unspecified atom stereocenters. The Hall–Kier alpha value is -4.44. The van der Waals surface area contributed by atoms with Crippen molar-refractivity contribution in [3.05, 3.63) is 93.9 Å². The second kappa shape index (κ2) is 12.0. The number of benzene rings is 1. The zero-order valence-electron chi connectivity index (χ0n) is 24.1. The van der Waals surface area contributed by atoms with Gasteiger partial charge >= 0.3 is 5.69 Å². The number of fused-ring (bicyclic) bond motifs is 1. The summed E-state index contributed by atoms with van der Waals surface area (Å²) < 4.78 is 31.1. The molecular weight excluding hydrogens is 574 g/mol. The number of rotatable bonds is 7. The molecule has 5 rings (SSSR count). The van der Waals surface area contributed by atoms with Crippen molar-refractivity contribution in [3.63, 3.8) is 0 Å². The van der Waals surface area contributed by atoms with Crippen LogP contribution in [0, 0.1) is 12.7 Å². The highest BCUT2D eigenvalue weighted by atomic mass is 35.5. The molecule has 1 aliphatic heterocycles. The Morgan fingerprint density at radius 3 is 2.65 bits per heavy atom. The summed E-state index contributed by atoms with van der Waals surface area (Å²) in [5.74, 6) is -0.753. The van der Waals surface area contributed by atoms with Crippen LogP contribution in [0.1, 0.15) is 36.6 Å². The van der Waals surface area contributed by atoms with Crippen LogP contribution in [0.2, 0.25) is 5.02 Å². The highest BCUT2D eigenvalue weighted by Gasteiger charge is 2.33. The molecule has 11 heteroatoms. The van der Waals surface area contributed by atoms with Crippen molar-refractivity contribution in [1.82, 2.24) is 24.4 Å². The molecule has 4 heterocycles. The molecule has 0 radical (unpaired) electrons. The van der Waals surface area contributed by atoms with Crippen molar-refractivity contribution in [3.8, 4) is 16.9 Å². The Morgan fingerprint density at radius 2 is 1.98 bits per heavy atom. The summed E-state index contributed by atoms with van der Waals surface area (Å²) in [6.45, 7) is 12.8. The first-order valence-electron chi connectivity index (χ1n) is 13.9. The molecule has 43 heavy (non-hydrogen) atoms. The highest BCUT2D eigenvalue weighted by molar-refractivity contribution is 6.34. The molecule has 1 amide bonds. The third-order valence-corrected chi connectivity index (χ3v) is 7.94. The molecule has 0 saturated carbocycles. The third kappa shape index (κ3) is 5.31. The number of piperazine rings is 1. The molecule has 0 spiro atoms. The van der Waals surface area contributed by atoms with E-state index in [1.54, 1.807) is 35.4 Å². The second-order valence-corrected chi connectivity index (χ2v) is 11.1. The van der Waals surface area contributed by atoms with Crippen LogP contribution in [-0.2, 0) is 4.79 Å². The van der Waals surface area contributed by atoms with Crippen molar-refractivity contribution in [2.45, 2.75) is 32.7 Å². The van der Waals surface area contributed by atoms with Crippen LogP contribution in [-0.4, -0.2) is 62.7 Å². The van der Waals surface area contributed by atoms with Gasteiger partial charge in [0.1, 0.15) is 18.3 Å². The quantitative estimate of drug-likeness (QED) is 0.245. The molecule has 1 saturated heterocycles. The minimum Gasteiger partial charge on any atom is -0.347 e. The Bertz CT molecular complexity index is 1820. The molecule has 1 fully saturated rings. The molecule has 4 aromatic rings. The Kier molecular flexibility index (Phi) is 8.41. The number of carbonyl (C=O) groups is 1. The van der Waals surface area contributed by atoms with Crippen LogP contribution in [0.4, 0.5) is 14.6 Å². The van der Waals surface area contributed by atoms with E-state index in [-0.39, 0.29) is 59.2 Å². The van der Waals surface area contributed by atoms with E-state index in [0.717, 1.165) is 5.56 Å². The topological polar surface area (TPSA) is 84.2 Å². The van der Waals surface area contributed by atoms with Gasteiger partial charge in [-0.05, 0) is 48.2 Å². The van der Waals surface area contributed by atoms with Gasteiger partial charge in [0.25, 0.3) is 0 Å². The second-order valence-electron chi connectivity index (χ2n) is 10.7. The number of amides is 1. The molecule has 8 nitrogen and oxygen atoms in total. The van der Waals surface area contributed by atoms with Crippen LogP contribution in [0.15, 0.2) is 60.6 Å². The summed E-state index contributed by atoms with van der Waals surface area (Å²) in [5, 5.41) is 0.475. The average Bonchev–Trinajstić information content (AvgIpc) is 3.00. The summed E-state index contributed by atoms with van der Waals surface area (Å²) in [6.07, 6.45) is 4.36. The molecule has 222 valence electrons. The zero-order chi connectivity index (χ0) is 31.0. The Labute approximate surface area is 253 Å². The van der Waals surface area contributed by atoms with Gasteiger partial charge in [-0.3, -0.25) is 9.78 Å². The lowest BCUT2D eigenvalue weighted by Gasteiger charge is -2.41. The number of aromatic nitrogens is 4. The van der Waals surface area contributed by atoms with Gasteiger partial charge in [-0.15, -0.1) is 0 Å². The van der Waals surface area contributed by atoms with E-state index in [1.165, 1.54) is 27.7 Å². The molecule has 0 N–H and O–H groups in total. The van der Waals surface area contributed by atoms with E-state index < -0.39 is 24.2 Å². The van der Waals surface area contributed by atoms with Crippen molar-refractivity contribution in [1.29, 1.82) is 0 Å². The maximum Gasteiger partial charge on any atom is 0.355 e. The number of hydrogen-bond acceptors (Lipinski definition) is 6. The lowest BCUT2D eigenvalue weighted by Crippen LogP contribution is -2.56. The van der Waals surface area contributed by atoms with Crippen LogP contribution < -0.4 is 10.6 Å². The number of aryl methyl sites for hydroxylation is 1. The van der Waals surface area contributed by atoms with Gasteiger partial charge in [0.2, 0.25) is 5.91 Å². The van der Waals surface area contributed by atoms with Crippen LogP contribution >= 0.6 is 11.6 Å². The number of carbonyl (C=O) groups excluding carboxylic acids is 1. The van der Waals surface area contributed by atoms with Crippen LogP contribution in [0.25, 0.3) is 34.1 Å². The summed E-state index contributed by atoms with van der Waals surface area (Å²) >= 11 is 6.81. The maximum absolute atomic E-state index is 15.3. The van der Waals surface area contributed by atoms with Gasteiger partial charge in [-0.1, -0.05) is 56.8 Å². The maximum atomic E-state index is 15.3. The fraction of sp³-hybridized carbons (Fsp3) is 0.281. The highest BCUT2D eigenvalue weighted by Crippen LogP contribution is 2.37. The fourth-order valence-electron chi connectivity index (χ4n) is 5.54. The first kappa shape index (κ1) is 30.0. The lowest BCUT2D eigenvalue weighted by atomic mass is 10.0. The van der Waals surface area contributed by atoms with Crippen molar-refractivity contribution < 1.29 is 13.6 Å². The molecule has 1 atom stereocenters. The largest absolute Gasteiger partial charge is 0.355 e. The molecular formula is C32H31ClF2N6O2. The standard InChI is InChI=1S/C32H31ClF2N6O2/c1-6-20-9-8-10-24(35)26(20)28-23(33)15-22-30(40-14-13-39(25(42)7-2)17-21(40)16-34)38-32(43)41(31(22)37-28)29-19(5)11-12-36-27(29)18(3)4/h6-12,15,18,21H,1-2,13-14,16-17H2,3-5H3/t21-/m0/s1. The first-order chi connectivity index (χ1) is 20.6. The summed E-state index contributed by atoms with van der Waals surface area (Å²) in [7, 11) is 0. The van der Waals surface area contributed by atoms with E-state index in [4.69, 9.17) is 16.6 Å². The minimum absolute atomic E-state index is 0.0615. The molecule has 0 aliphatic carbocycles. The third-order valence-electron chi connectivity index (χ3n) is 7.65. The summed E-state index contributed by atoms with van der Waals surface area (Å²) in [6, 6.07) is 7.13. The number of alkyl halides is 1. The summed E-state index contributed by atoms with van der Waals surface area (Å²) in [5.41, 5.74) is 2.12. The number of hydrogen-bond donors (Lipinski definition) is 0. The van der Waals surface area contributed by atoms with Crippen molar-refractivity contribution >= 4 is 40.4 Å². The van der Waals surface area contributed by atoms with Gasteiger partial charge in [-0.2, -0.15) is 4.98 Å². The zero-order valence-corrected chi connectivity index (χ0v) is 24.9. The van der Waals surface area contributed by atoms with E-state index >= 15 is 4.39 Å². The molecule has 1 aromatic carbocycles. The van der Waals surface area contributed by atoms with Gasteiger partial charge in [-0.25, -0.2) is 23.1 Å². The smallest absolute Gasteiger partial charge is 0.347 e. The fourth-order valence-corrected chi connectivity index (χ4v) is 5.79. The van der Waals surface area contributed by atoms with Crippen molar-refractivity contribution in [2.75, 3.05) is 31.2 Å². The SMILES string of the molecule is C=CC(=O)N1CCN(c2nc(=O)n(-c3c(C)ccnc3C(C)C)c3nc(-c4c(F)cccc4C=C)c(Cl)cc23)[C@@H](CF)C1. The molecule has 3 aromatic heterocycles. The predicted octanol–water partition coefficient (Wildman–Crippen LogP) is 5.88.